The maximum atomic E-state index is 4.86. The van der Waals surface area contributed by atoms with Crippen molar-refractivity contribution in [2.45, 2.75) is 13.3 Å². The van der Waals surface area contributed by atoms with E-state index in [9.17, 15) is 0 Å². The highest BCUT2D eigenvalue weighted by Crippen LogP contribution is 2.43. The lowest BCUT2D eigenvalue weighted by Gasteiger charge is -2.17. The number of para-hydroxylation sites is 2. The zero-order valence-electron chi connectivity index (χ0n) is 20.6. The van der Waals surface area contributed by atoms with Crippen LogP contribution in [0, 0.1) is 0 Å². The largest absolute Gasteiger partial charge is 0.296 e. The summed E-state index contributed by atoms with van der Waals surface area (Å²) in [7, 11) is 0. The fourth-order valence-corrected chi connectivity index (χ4v) is 6.29. The van der Waals surface area contributed by atoms with Gasteiger partial charge in [0, 0.05) is 12.1 Å². The standard InChI is InChI=1S/C35H24N2/c1-2-33-36-31-14-3-4-15-32(31)37(33)24-18-16-22(17-19-24)25-20-21-30-28-11-6-9-23-8-5-10-27(34(23)28)29-13-7-12-26(25)35(29)30/h3-21H,2H2,1H3. The van der Waals surface area contributed by atoms with E-state index in [2.05, 4.69) is 127 Å². The third-order valence-corrected chi connectivity index (χ3v) is 7.91. The molecule has 8 aromatic rings. The van der Waals surface area contributed by atoms with Gasteiger partial charge >= 0.3 is 0 Å². The lowest BCUT2D eigenvalue weighted by atomic mass is 9.87. The molecule has 1 heterocycles. The quantitative estimate of drug-likeness (QED) is 0.185. The first kappa shape index (κ1) is 20.5. The van der Waals surface area contributed by atoms with Crippen molar-refractivity contribution in [3.63, 3.8) is 0 Å². The zero-order valence-corrected chi connectivity index (χ0v) is 20.6. The molecule has 0 aliphatic carbocycles. The van der Waals surface area contributed by atoms with Crippen LogP contribution >= 0.6 is 0 Å². The highest BCUT2D eigenvalue weighted by molar-refractivity contribution is 6.34. The summed E-state index contributed by atoms with van der Waals surface area (Å²) < 4.78 is 2.29. The van der Waals surface area contributed by atoms with Gasteiger partial charge in [-0.25, -0.2) is 4.98 Å². The normalized spacial score (nSPS) is 12.0. The molecule has 0 aliphatic rings. The molecular formula is C35H24N2. The van der Waals surface area contributed by atoms with Gasteiger partial charge in [-0.2, -0.15) is 0 Å². The minimum Gasteiger partial charge on any atom is -0.296 e. The highest BCUT2D eigenvalue weighted by atomic mass is 15.1. The van der Waals surface area contributed by atoms with E-state index in [0.717, 1.165) is 29.0 Å². The van der Waals surface area contributed by atoms with Gasteiger partial charge in [0.2, 0.25) is 0 Å². The van der Waals surface area contributed by atoms with Gasteiger partial charge in [-0.3, -0.25) is 4.57 Å². The molecule has 0 bridgehead atoms. The molecule has 7 aromatic carbocycles. The first-order valence-corrected chi connectivity index (χ1v) is 13.0. The minimum atomic E-state index is 0.888. The van der Waals surface area contributed by atoms with Crippen molar-refractivity contribution in [2.75, 3.05) is 0 Å². The summed E-state index contributed by atoms with van der Waals surface area (Å²) in [5, 5.41) is 10.6. The summed E-state index contributed by atoms with van der Waals surface area (Å²) in [4.78, 5) is 4.86. The van der Waals surface area contributed by atoms with Crippen LogP contribution in [0.5, 0.6) is 0 Å². The van der Waals surface area contributed by atoms with Crippen molar-refractivity contribution < 1.29 is 0 Å². The Morgan fingerprint density at radius 3 is 1.97 bits per heavy atom. The van der Waals surface area contributed by atoms with Crippen LogP contribution < -0.4 is 0 Å². The monoisotopic (exact) mass is 472 g/mol. The van der Waals surface area contributed by atoms with Crippen molar-refractivity contribution in [1.29, 1.82) is 0 Å². The Morgan fingerprint density at radius 1 is 0.568 bits per heavy atom. The Morgan fingerprint density at radius 2 is 1.22 bits per heavy atom. The third-order valence-electron chi connectivity index (χ3n) is 7.91. The van der Waals surface area contributed by atoms with Gasteiger partial charge in [0.25, 0.3) is 0 Å². The van der Waals surface area contributed by atoms with Gasteiger partial charge in [-0.1, -0.05) is 97.9 Å². The van der Waals surface area contributed by atoms with Crippen LogP contribution in [0.3, 0.4) is 0 Å². The molecule has 174 valence electrons. The predicted octanol–water partition coefficient (Wildman–Crippen LogP) is 9.31. The fourth-order valence-electron chi connectivity index (χ4n) is 6.29. The van der Waals surface area contributed by atoms with Crippen molar-refractivity contribution in [2.24, 2.45) is 0 Å². The Kier molecular flexibility index (Phi) is 4.24. The van der Waals surface area contributed by atoms with E-state index in [1.54, 1.807) is 0 Å². The molecule has 0 unspecified atom stereocenters. The van der Waals surface area contributed by atoms with Crippen LogP contribution in [0.25, 0.3) is 70.9 Å². The lowest BCUT2D eigenvalue weighted by molar-refractivity contribution is 0.908. The van der Waals surface area contributed by atoms with Crippen molar-refractivity contribution >= 4 is 54.1 Å². The molecule has 0 radical (unpaired) electrons. The molecule has 0 fully saturated rings. The second-order valence-electron chi connectivity index (χ2n) is 9.85. The zero-order chi connectivity index (χ0) is 24.5. The van der Waals surface area contributed by atoms with Gasteiger partial charge in [0.1, 0.15) is 5.82 Å². The van der Waals surface area contributed by atoms with Crippen LogP contribution in [-0.4, -0.2) is 9.55 Å². The van der Waals surface area contributed by atoms with E-state index in [-0.39, 0.29) is 0 Å². The van der Waals surface area contributed by atoms with Gasteiger partial charge in [0.05, 0.1) is 11.0 Å². The van der Waals surface area contributed by atoms with E-state index in [1.807, 2.05) is 0 Å². The van der Waals surface area contributed by atoms with Gasteiger partial charge in [0.15, 0.2) is 0 Å². The first-order valence-electron chi connectivity index (χ1n) is 13.0. The SMILES string of the molecule is CCc1nc2ccccc2n1-c1ccc(-c2ccc3c4cccc5cccc(c6cccc2c63)c54)cc1. The van der Waals surface area contributed by atoms with Crippen LogP contribution in [0.4, 0.5) is 0 Å². The number of aromatic nitrogens is 2. The summed E-state index contributed by atoms with van der Waals surface area (Å²) in [6.07, 6.45) is 0.888. The van der Waals surface area contributed by atoms with E-state index < -0.39 is 0 Å². The summed E-state index contributed by atoms with van der Waals surface area (Å²) >= 11 is 0. The number of nitrogens with zero attached hydrogens (tertiary/aromatic N) is 2. The molecule has 0 spiro atoms. The first-order chi connectivity index (χ1) is 18.3. The third kappa shape index (κ3) is 2.84. The highest BCUT2D eigenvalue weighted by Gasteiger charge is 2.16. The van der Waals surface area contributed by atoms with Crippen molar-refractivity contribution in [3.05, 3.63) is 121 Å². The van der Waals surface area contributed by atoms with E-state index in [0.29, 0.717) is 0 Å². The molecule has 0 saturated carbocycles. The second-order valence-corrected chi connectivity index (χ2v) is 9.85. The summed E-state index contributed by atoms with van der Waals surface area (Å²) in [5.41, 5.74) is 5.85. The van der Waals surface area contributed by atoms with Crippen LogP contribution in [-0.2, 0) is 6.42 Å². The molecule has 2 nitrogen and oxygen atoms in total. The maximum absolute atomic E-state index is 4.86. The average Bonchev–Trinajstić information content (AvgIpc) is 3.34. The lowest BCUT2D eigenvalue weighted by Crippen LogP contribution is -1.99. The number of rotatable bonds is 3. The summed E-state index contributed by atoms with van der Waals surface area (Å²) in [5.74, 6) is 1.09. The minimum absolute atomic E-state index is 0.888. The summed E-state index contributed by atoms with van der Waals surface area (Å²) in [6.45, 7) is 2.17. The number of benzene rings is 7. The number of fused-ring (bicyclic) bond motifs is 3. The molecule has 0 saturated heterocycles. The molecule has 0 atom stereocenters. The second kappa shape index (κ2) is 7.65. The number of imidazole rings is 1. The Labute approximate surface area is 214 Å². The molecule has 0 N–H and O–H groups in total. The van der Waals surface area contributed by atoms with Gasteiger partial charge in [-0.05, 0) is 78.5 Å². The Balaban J connectivity index is 1.35. The van der Waals surface area contributed by atoms with Gasteiger partial charge in [-0.15, -0.1) is 0 Å². The molecule has 8 rings (SSSR count). The van der Waals surface area contributed by atoms with Gasteiger partial charge < -0.3 is 0 Å². The van der Waals surface area contributed by atoms with E-state index >= 15 is 0 Å². The van der Waals surface area contributed by atoms with Crippen molar-refractivity contribution in [3.8, 4) is 16.8 Å². The molecule has 37 heavy (non-hydrogen) atoms. The predicted molar refractivity (Wildman–Crippen MR) is 157 cm³/mol. The topological polar surface area (TPSA) is 17.8 Å². The Bertz CT molecular complexity index is 2060. The number of hydrogen-bond donors (Lipinski definition) is 0. The smallest absolute Gasteiger partial charge is 0.114 e. The molecular weight excluding hydrogens is 448 g/mol. The Hall–Kier alpha value is -4.69. The maximum Gasteiger partial charge on any atom is 0.114 e. The van der Waals surface area contributed by atoms with Crippen molar-refractivity contribution in [1.82, 2.24) is 9.55 Å². The average molecular weight is 473 g/mol. The molecule has 0 amide bonds. The van der Waals surface area contributed by atoms with E-state index in [4.69, 9.17) is 4.98 Å². The van der Waals surface area contributed by atoms with Crippen LogP contribution in [0.15, 0.2) is 115 Å². The number of hydrogen-bond acceptors (Lipinski definition) is 1. The number of aryl methyl sites for hydroxylation is 1. The molecule has 1 aromatic heterocycles. The van der Waals surface area contributed by atoms with Crippen LogP contribution in [0.2, 0.25) is 0 Å². The fraction of sp³-hybridized carbons (Fsp3) is 0.0571. The van der Waals surface area contributed by atoms with E-state index in [1.165, 1.54) is 54.2 Å². The van der Waals surface area contributed by atoms with Crippen LogP contribution in [0.1, 0.15) is 12.7 Å². The molecule has 2 heteroatoms. The summed E-state index contributed by atoms with van der Waals surface area (Å²) in [6, 6.07) is 42.1. The molecule has 0 aliphatic heterocycles.